The lowest BCUT2D eigenvalue weighted by Gasteiger charge is -2.13. The number of rotatable bonds is 11. The molecule has 0 saturated carbocycles. The van der Waals surface area contributed by atoms with Gasteiger partial charge in [0.1, 0.15) is 18.9 Å². The van der Waals surface area contributed by atoms with Gasteiger partial charge in [0.15, 0.2) is 0 Å². The summed E-state index contributed by atoms with van der Waals surface area (Å²) >= 11 is 12.8. The summed E-state index contributed by atoms with van der Waals surface area (Å²) in [5.74, 6) is -1.21. The summed E-state index contributed by atoms with van der Waals surface area (Å²) in [6.45, 7) is 2.07. The quantitative estimate of drug-likeness (QED) is 0.139. The van der Waals surface area contributed by atoms with Gasteiger partial charge in [-0.1, -0.05) is 60.8 Å². The number of carbonyl (C=O) groups excluding carboxylic acids is 4. The van der Waals surface area contributed by atoms with E-state index < -0.39 is 29.6 Å². The summed E-state index contributed by atoms with van der Waals surface area (Å²) in [6, 6.07) is 18.8. The van der Waals surface area contributed by atoms with Crippen molar-refractivity contribution in [2.75, 3.05) is 18.5 Å². The number of nitrogens with zero attached hydrogens (tertiary/aromatic N) is 1. The number of halogens is 2. The number of hydrogen-bond acceptors (Lipinski definition) is 7. The molecule has 41 heavy (non-hydrogen) atoms. The number of esters is 1. The second kappa shape index (κ2) is 14.2. The lowest BCUT2D eigenvalue weighted by atomic mass is 10.2. The summed E-state index contributed by atoms with van der Waals surface area (Å²) in [7, 11) is 0. The van der Waals surface area contributed by atoms with Crippen molar-refractivity contribution in [3.8, 4) is 5.75 Å². The van der Waals surface area contributed by atoms with Crippen LogP contribution < -0.4 is 10.1 Å². The lowest BCUT2D eigenvalue weighted by molar-refractivity contribution is -0.127. The van der Waals surface area contributed by atoms with Crippen molar-refractivity contribution in [2.24, 2.45) is 0 Å². The van der Waals surface area contributed by atoms with E-state index in [9.17, 15) is 19.2 Å². The Morgan fingerprint density at radius 2 is 1.80 bits per heavy atom. The normalized spacial score (nSPS) is 13.9. The van der Waals surface area contributed by atoms with Crippen molar-refractivity contribution in [1.82, 2.24) is 4.90 Å². The minimum absolute atomic E-state index is 0.106. The van der Waals surface area contributed by atoms with E-state index in [1.165, 1.54) is 18.2 Å². The topological polar surface area (TPSA) is 102 Å². The number of thioether (sulfide) groups is 1. The molecule has 0 spiro atoms. The van der Waals surface area contributed by atoms with Gasteiger partial charge in [-0.15, -0.1) is 0 Å². The van der Waals surface area contributed by atoms with Crippen LogP contribution in [0.4, 0.5) is 10.5 Å². The number of amides is 3. The summed E-state index contributed by atoms with van der Waals surface area (Å²) in [6.07, 6.45) is 3.16. The molecule has 1 aliphatic rings. The molecule has 3 amide bonds. The number of hydrogen-bond donors (Lipinski definition) is 1. The Kier molecular flexibility index (Phi) is 10.5. The van der Waals surface area contributed by atoms with Crippen LogP contribution in [0.3, 0.4) is 0 Å². The molecule has 1 N–H and O–H groups in total. The SMILES string of the molecule is CCCCOC(=O)c1cc(NC(=O)CN2C(=O)S/C(=C/c3cccc(OCc4ccc(Cl)cc4)c3)C2=O)ccc1Cl. The molecule has 1 fully saturated rings. The van der Waals surface area contributed by atoms with Crippen LogP contribution in [0.5, 0.6) is 5.75 Å². The van der Waals surface area contributed by atoms with Gasteiger partial charge in [-0.3, -0.25) is 19.3 Å². The van der Waals surface area contributed by atoms with Crippen LogP contribution in [-0.4, -0.2) is 41.1 Å². The molecule has 3 aromatic rings. The largest absolute Gasteiger partial charge is 0.489 e. The van der Waals surface area contributed by atoms with E-state index in [0.29, 0.717) is 22.9 Å². The summed E-state index contributed by atoms with van der Waals surface area (Å²) in [5.41, 5.74) is 1.99. The van der Waals surface area contributed by atoms with Gasteiger partial charge in [0, 0.05) is 10.7 Å². The Hall–Kier alpha value is -3.79. The van der Waals surface area contributed by atoms with Crippen LogP contribution in [0.2, 0.25) is 10.0 Å². The standard InChI is InChI=1S/C30H26Cl2N2O6S/c1-2-3-13-39-29(37)24-16-22(11-12-25(24)32)33-27(35)17-34-28(36)26(41-30(34)38)15-20-5-4-6-23(14-20)40-18-19-7-9-21(31)10-8-19/h4-12,14-16H,2-3,13,17-18H2,1H3,(H,33,35)/b26-15+. The molecule has 8 nitrogen and oxygen atoms in total. The Bertz CT molecular complexity index is 1490. The van der Waals surface area contributed by atoms with Gasteiger partial charge in [0.25, 0.3) is 11.1 Å². The zero-order chi connectivity index (χ0) is 29.4. The highest BCUT2D eigenvalue weighted by molar-refractivity contribution is 8.18. The molecular formula is C30H26Cl2N2O6S. The Balaban J connectivity index is 1.37. The number of carbonyl (C=O) groups is 4. The maximum absolute atomic E-state index is 13.0. The third kappa shape index (κ3) is 8.36. The zero-order valence-electron chi connectivity index (χ0n) is 22.0. The summed E-state index contributed by atoms with van der Waals surface area (Å²) in [4.78, 5) is 51.6. The zero-order valence-corrected chi connectivity index (χ0v) is 24.4. The molecule has 0 unspecified atom stereocenters. The van der Waals surface area contributed by atoms with Gasteiger partial charge in [-0.05, 0) is 77.9 Å². The van der Waals surface area contributed by atoms with Crippen LogP contribution in [0.1, 0.15) is 41.3 Å². The first kappa shape index (κ1) is 30.2. The molecule has 212 valence electrons. The summed E-state index contributed by atoms with van der Waals surface area (Å²) in [5, 5.41) is 2.85. The molecule has 1 heterocycles. The van der Waals surface area contributed by atoms with E-state index in [4.69, 9.17) is 32.7 Å². The average Bonchev–Trinajstić information content (AvgIpc) is 3.21. The highest BCUT2D eigenvalue weighted by Gasteiger charge is 2.36. The van der Waals surface area contributed by atoms with Crippen molar-refractivity contribution in [2.45, 2.75) is 26.4 Å². The monoisotopic (exact) mass is 612 g/mol. The van der Waals surface area contributed by atoms with Crippen LogP contribution in [-0.2, 0) is 20.9 Å². The first-order chi connectivity index (χ1) is 19.7. The molecule has 0 aliphatic carbocycles. The van der Waals surface area contributed by atoms with Crippen molar-refractivity contribution < 1.29 is 28.7 Å². The number of benzene rings is 3. The average molecular weight is 614 g/mol. The van der Waals surface area contributed by atoms with E-state index in [2.05, 4.69) is 5.32 Å². The van der Waals surface area contributed by atoms with Gasteiger partial charge < -0.3 is 14.8 Å². The first-order valence-corrected chi connectivity index (χ1v) is 14.3. The third-order valence-electron chi connectivity index (χ3n) is 5.85. The van der Waals surface area contributed by atoms with Crippen LogP contribution >= 0.6 is 35.0 Å². The maximum atomic E-state index is 13.0. The van der Waals surface area contributed by atoms with Crippen molar-refractivity contribution in [3.05, 3.63) is 98.4 Å². The fourth-order valence-electron chi connectivity index (χ4n) is 3.72. The number of unbranched alkanes of at least 4 members (excludes halogenated alkanes) is 1. The Labute approximate surface area is 251 Å². The number of ether oxygens (including phenoxy) is 2. The minimum Gasteiger partial charge on any atom is -0.489 e. The maximum Gasteiger partial charge on any atom is 0.339 e. The molecule has 1 aliphatic heterocycles. The van der Waals surface area contributed by atoms with Crippen molar-refractivity contribution in [3.63, 3.8) is 0 Å². The minimum atomic E-state index is -0.612. The molecule has 0 radical (unpaired) electrons. The van der Waals surface area contributed by atoms with E-state index in [0.717, 1.165) is 35.1 Å². The molecule has 0 bridgehead atoms. The fraction of sp³-hybridized carbons (Fsp3) is 0.200. The van der Waals surface area contributed by atoms with Gasteiger partial charge in [0.05, 0.1) is 22.1 Å². The van der Waals surface area contributed by atoms with Crippen LogP contribution in [0, 0.1) is 0 Å². The van der Waals surface area contributed by atoms with Crippen molar-refractivity contribution in [1.29, 1.82) is 0 Å². The molecule has 3 aromatic carbocycles. The van der Waals surface area contributed by atoms with Crippen LogP contribution in [0.15, 0.2) is 71.6 Å². The first-order valence-electron chi connectivity index (χ1n) is 12.7. The lowest BCUT2D eigenvalue weighted by Crippen LogP contribution is -2.36. The molecule has 1 saturated heterocycles. The van der Waals surface area contributed by atoms with Crippen molar-refractivity contribution >= 4 is 69.8 Å². The highest BCUT2D eigenvalue weighted by Crippen LogP contribution is 2.33. The number of nitrogens with one attached hydrogen (secondary N) is 1. The van der Waals surface area contributed by atoms with Gasteiger partial charge in [-0.2, -0.15) is 0 Å². The predicted molar refractivity (Wildman–Crippen MR) is 160 cm³/mol. The van der Waals surface area contributed by atoms with Crippen LogP contribution in [0.25, 0.3) is 6.08 Å². The molecule has 0 aromatic heterocycles. The second-order valence-corrected chi connectivity index (χ2v) is 10.8. The van der Waals surface area contributed by atoms with E-state index in [1.54, 1.807) is 42.5 Å². The smallest absolute Gasteiger partial charge is 0.339 e. The number of imide groups is 1. The molecule has 4 rings (SSSR count). The Morgan fingerprint density at radius 1 is 1.02 bits per heavy atom. The van der Waals surface area contributed by atoms with E-state index in [1.807, 2.05) is 19.1 Å². The third-order valence-corrected chi connectivity index (χ3v) is 7.34. The molecular weight excluding hydrogens is 587 g/mol. The van der Waals surface area contributed by atoms with E-state index in [-0.39, 0.29) is 27.8 Å². The summed E-state index contributed by atoms with van der Waals surface area (Å²) < 4.78 is 11.0. The predicted octanol–water partition coefficient (Wildman–Crippen LogP) is 7.20. The Morgan fingerprint density at radius 3 is 2.56 bits per heavy atom. The number of anilines is 1. The van der Waals surface area contributed by atoms with E-state index >= 15 is 0 Å². The van der Waals surface area contributed by atoms with Gasteiger partial charge >= 0.3 is 5.97 Å². The molecule has 0 atom stereocenters. The molecule has 11 heteroatoms. The fourth-order valence-corrected chi connectivity index (χ4v) is 4.88. The second-order valence-electron chi connectivity index (χ2n) is 8.99. The highest BCUT2D eigenvalue weighted by atomic mass is 35.5. The van der Waals surface area contributed by atoms with Gasteiger partial charge in [0.2, 0.25) is 5.91 Å². The van der Waals surface area contributed by atoms with Gasteiger partial charge in [-0.25, -0.2) is 4.79 Å².